The van der Waals surface area contributed by atoms with Crippen molar-refractivity contribution < 1.29 is 0 Å². The molecule has 108 valence electrons. The van der Waals surface area contributed by atoms with Gasteiger partial charge in [-0.2, -0.15) is 0 Å². The minimum Gasteiger partial charge on any atom is -0.306 e. The number of rotatable bonds is 5. The molecule has 0 saturated carbocycles. The van der Waals surface area contributed by atoms with Gasteiger partial charge in [0.15, 0.2) is 0 Å². The summed E-state index contributed by atoms with van der Waals surface area (Å²) in [5.41, 5.74) is 2.65. The van der Waals surface area contributed by atoms with E-state index in [-0.39, 0.29) is 6.04 Å². The van der Waals surface area contributed by atoms with Gasteiger partial charge in [-0.3, -0.25) is 0 Å². The van der Waals surface area contributed by atoms with Gasteiger partial charge >= 0.3 is 0 Å². The first-order chi connectivity index (χ1) is 9.69. The van der Waals surface area contributed by atoms with Gasteiger partial charge in [0.1, 0.15) is 0 Å². The molecule has 1 aliphatic rings. The Morgan fingerprint density at radius 2 is 2.10 bits per heavy atom. The molecule has 1 nitrogen and oxygen atoms in total. The van der Waals surface area contributed by atoms with Crippen LogP contribution in [0, 0.1) is 0 Å². The summed E-state index contributed by atoms with van der Waals surface area (Å²) < 4.78 is 1.56. The number of hydrogen-bond acceptors (Lipinski definition) is 3. The lowest BCUT2D eigenvalue weighted by Gasteiger charge is -2.17. The van der Waals surface area contributed by atoms with E-state index in [9.17, 15) is 0 Å². The van der Waals surface area contributed by atoms with Crippen molar-refractivity contribution in [1.82, 2.24) is 5.32 Å². The highest BCUT2D eigenvalue weighted by Crippen LogP contribution is 2.41. The van der Waals surface area contributed by atoms with Crippen LogP contribution in [-0.4, -0.2) is 6.54 Å². The average molecular weight is 346 g/mol. The molecule has 1 aliphatic carbocycles. The van der Waals surface area contributed by atoms with Crippen LogP contribution in [0.3, 0.4) is 0 Å². The Labute approximate surface area is 137 Å². The predicted molar refractivity (Wildman–Crippen MR) is 90.8 cm³/mol. The summed E-state index contributed by atoms with van der Waals surface area (Å²) in [6, 6.07) is 4.55. The number of fused-ring (bicyclic) bond motifs is 1. The van der Waals surface area contributed by atoms with Gasteiger partial charge < -0.3 is 5.32 Å². The highest BCUT2D eigenvalue weighted by atomic mass is 35.5. The van der Waals surface area contributed by atoms with Crippen molar-refractivity contribution in [2.45, 2.75) is 38.6 Å². The summed E-state index contributed by atoms with van der Waals surface area (Å²) in [5, 5.41) is 3.62. The SMILES string of the molecule is CCCNC(c1cc2c(s1)CCC2)c1cc(Cl)sc1Cl. The summed E-state index contributed by atoms with van der Waals surface area (Å²) in [5.74, 6) is 0. The highest BCUT2D eigenvalue weighted by molar-refractivity contribution is 7.20. The van der Waals surface area contributed by atoms with Gasteiger partial charge in [-0.1, -0.05) is 30.1 Å². The maximum Gasteiger partial charge on any atom is 0.0995 e. The molecule has 0 saturated heterocycles. The van der Waals surface area contributed by atoms with E-state index in [0.29, 0.717) is 0 Å². The van der Waals surface area contributed by atoms with Crippen molar-refractivity contribution in [2.75, 3.05) is 6.54 Å². The van der Waals surface area contributed by atoms with Crippen molar-refractivity contribution in [3.63, 3.8) is 0 Å². The van der Waals surface area contributed by atoms with Crippen LogP contribution in [0.4, 0.5) is 0 Å². The van der Waals surface area contributed by atoms with Crippen LogP contribution in [0.5, 0.6) is 0 Å². The van der Waals surface area contributed by atoms with Crippen molar-refractivity contribution in [1.29, 1.82) is 0 Å². The summed E-state index contributed by atoms with van der Waals surface area (Å²) >= 11 is 15.9. The fourth-order valence-corrected chi connectivity index (χ4v) is 5.58. The molecular formula is C15H17Cl2NS2. The van der Waals surface area contributed by atoms with Crippen molar-refractivity contribution in [3.8, 4) is 0 Å². The number of nitrogens with one attached hydrogen (secondary N) is 1. The topological polar surface area (TPSA) is 12.0 Å². The molecule has 1 atom stereocenters. The second kappa shape index (κ2) is 6.37. The molecule has 1 unspecified atom stereocenters. The zero-order valence-corrected chi connectivity index (χ0v) is 14.5. The fraction of sp³-hybridized carbons (Fsp3) is 0.467. The normalized spacial score (nSPS) is 15.6. The number of thiophene rings is 2. The maximum atomic E-state index is 6.36. The molecule has 0 bridgehead atoms. The summed E-state index contributed by atoms with van der Waals surface area (Å²) in [4.78, 5) is 2.93. The molecule has 0 fully saturated rings. The first-order valence-corrected chi connectivity index (χ1v) is 9.37. The zero-order chi connectivity index (χ0) is 14.1. The summed E-state index contributed by atoms with van der Waals surface area (Å²) in [7, 11) is 0. The minimum absolute atomic E-state index is 0.182. The van der Waals surface area contributed by atoms with Crippen molar-refractivity contribution in [2.24, 2.45) is 0 Å². The fourth-order valence-electron chi connectivity index (χ4n) is 2.70. The van der Waals surface area contributed by atoms with Gasteiger partial charge in [-0.15, -0.1) is 22.7 Å². The Morgan fingerprint density at radius 3 is 2.75 bits per heavy atom. The molecule has 0 spiro atoms. The Morgan fingerprint density at radius 1 is 1.25 bits per heavy atom. The number of aryl methyl sites for hydroxylation is 2. The van der Waals surface area contributed by atoms with Crippen LogP contribution < -0.4 is 5.32 Å². The van der Waals surface area contributed by atoms with E-state index in [1.807, 2.05) is 17.4 Å². The maximum absolute atomic E-state index is 6.36. The van der Waals surface area contributed by atoms with E-state index in [0.717, 1.165) is 27.2 Å². The third-order valence-electron chi connectivity index (χ3n) is 3.64. The van der Waals surface area contributed by atoms with Crippen LogP contribution in [0.25, 0.3) is 0 Å². The second-order valence-corrected chi connectivity index (χ2v) is 8.57. The van der Waals surface area contributed by atoms with E-state index < -0.39 is 0 Å². The Balaban J connectivity index is 1.94. The van der Waals surface area contributed by atoms with Gasteiger partial charge in [0.25, 0.3) is 0 Å². The van der Waals surface area contributed by atoms with E-state index in [1.54, 1.807) is 4.88 Å². The number of halogens is 2. The molecule has 2 aromatic rings. The van der Waals surface area contributed by atoms with Gasteiger partial charge in [0.05, 0.1) is 14.7 Å². The Kier molecular flexibility index (Phi) is 4.73. The van der Waals surface area contributed by atoms with E-state index >= 15 is 0 Å². The Bertz CT molecular complexity index is 582. The largest absolute Gasteiger partial charge is 0.306 e. The van der Waals surface area contributed by atoms with E-state index in [1.165, 1.54) is 41.0 Å². The van der Waals surface area contributed by atoms with Crippen molar-refractivity contribution in [3.05, 3.63) is 41.7 Å². The standard InChI is InChI=1S/C15H17Cl2NS2/c1-2-6-18-14(10-8-13(16)20-15(10)17)12-7-9-4-3-5-11(9)19-12/h7-8,14,18H,2-6H2,1H3. The molecular weight excluding hydrogens is 329 g/mol. The first-order valence-electron chi connectivity index (χ1n) is 6.98. The molecule has 0 radical (unpaired) electrons. The second-order valence-electron chi connectivity index (χ2n) is 5.12. The minimum atomic E-state index is 0.182. The molecule has 2 heterocycles. The quantitative estimate of drug-likeness (QED) is 0.733. The van der Waals surface area contributed by atoms with Crippen LogP contribution in [-0.2, 0) is 12.8 Å². The van der Waals surface area contributed by atoms with Gasteiger partial charge in [0.2, 0.25) is 0 Å². The molecule has 20 heavy (non-hydrogen) atoms. The smallest absolute Gasteiger partial charge is 0.0995 e. The lowest BCUT2D eigenvalue weighted by Crippen LogP contribution is -2.22. The highest BCUT2D eigenvalue weighted by Gasteiger charge is 2.24. The Hall–Kier alpha value is -0.0600. The van der Waals surface area contributed by atoms with Gasteiger partial charge in [0, 0.05) is 15.3 Å². The molecule has 0 aliphatic heterocycles. The van der Waals surface area contributed by atoms with Crippen LogP contribution in [0.2, 0.25) is 8.67 Å². The van der Waals surface area contributed by atoms with Crippen LogP contribution in [0.1, 0.15) is 46.7 Å². The summed E-state index contributed by atoms with van der Waals surface area (Å²) in [6.07, 6.45) is 4.87. The number of hydrogen-bond donors (Lipinski definition) is 1. The van der Waals surface area contributed by atoms with Gasteiger partial charge in [-0.25, -0.2) is 0 Å². The molecule has 0 aromatic carbocycles. The zero-order valence-electron chi connectivity index (χ0n) is 11.3. The monoisotopic (exact) mass is 345 g/mol. The first kappa shape index (κ1) is 14.9. The third kappa shape index (κ3) is 2.93. The van der Waals surface area contributed by atoms with Crippen molar-refractivity contribution >= 4 is 45.9 Å². The van der Waals surface area contributed by atoms with Crippen LogP contribution >= 0.6 is 45.9 Å². The lowest BCUT2D eigenvalue weighted by atomic mass is 10.1. The summed E-state index contributed by atoms with van der Waals surface area (Å²) in [6.45, 7) is 3.16. The molecule has 1 N–H and O–H groups in total. The molecule has 5 heteroatoms. The third-order valence-corrected chi connectivity index (χ3v) is 6.46. The molecule has 3 rings (SSSR count). The van der Waals surface area contributed by atoms with Gasteiger partial charge in [-0.05, 0) is 49.9 Å². The average Bonchev–Trinajstić information content (AvgIpc) is 3.05. The molecule has 0 amide bonds. The predicted octanol–water partition coefficient (Wildman–Crippen LogP) is 5.69. The molecule has 2 aromatic heterocycles. The lowest BCUT2D eigenvalue weighted by molar-refractivity contribution is 0.607. The van der Waals surface area contributed by atoms with E-state index in [2.05, 4.69) is 18.3 Å². The van der Waals surface area contributed by atoms with E-state index in [4.69, 9.17) is 23.2 Å². The van der Waals surface area contributed by atoms with Crippen LogP contribution in [0.15, 0.2) is 12.1 Å².